The average molecular weight is 253 g/mol. The summed E-state index contributed by atoms with van der Waals surface area (Å²) in [6, 6.07) is 12.5. The predicted octanol–water partition coefficient (Wildman–Crippen LogP) is 2.93. The van der Waals surface area contributed by atoms with Crippen molar-refractivity contribution in [2.45, 2.75) is 43.8 Å². The maximum absolute atomic E-state index is 4.54. The van der Waals surface area contributed by atoms with E-state index in [0.717, 1.165) is 5.82 Å². The lowest BCUT2D eigenvalue weighted by molar-refractivity contribution is 0.378. The Morgan fingerprint density at radius 1 is 1.05 bits per heavy atom. The third kappa shape index (κ3) is 2.08. The summed E-state index contributed by atoms with van der Waals surface area (Å²) in [5.74, 6) is 1.05. The van der Waals surface area contributed by atoms with Crippen LogP contribution in [0.1, 0.15) is 25.7 Å². The summed E-state index contributed by atoms with van der Waals surface area (Å²) in [6.45, 7) is 0. The first-order valence-corrected chi connectivity index (χ1v) is 7.25. The lowest BCUT2D eigenvalue weighted by Gasteiger charge is -2.30. The van der Waals surface area contributed by atoms with Crippen LogP contribution in [0.25, 0.3) is 10.8 Å². The molecule has 19 heavy (non-hydrogen) atoms. The van der Waals surface area contributed by atoms with Crippen molar-refractivity contribution in [1.82, 2.24) is 10.3 Å². The number of piperidine rings is 1. The number of hydrogen-bond acceptors (Lipinski definition) is 3. The van der Waals surface area contributed by atoms with Crippen molar-refractivity contribution in [3.8, 4) is 0 Å². The Morgan fingerprint density at radius 3 is 2.68 bits per heavy atom. The highest BCUT2D eigenvalue weighted by Gasteiger charge is 2.33. The minimum Gasteiger partial charge on any atom is -0.367 e. The lowest BCUT2D eigenvalue weighted by Crippen LogP contribution is -2.43. The molecule has 4 rings (SSSR count). The second kappa shape index (κ2) is 4.49. The Kier molecular flexibility index (Phi) is 2.66. The molecule has 0 saturated carbocycles. The fraction of sp³-hybridized carbons (Fsp3) is 0.438. The van der Waals surface area contributed by atoms with Gasteiger partial charge in [-0.2, -0.15) is 0 Å². The average Bonchev–Trinajstić information content (AvgIpc) is 2.78. The molecule has 0 radical (unpaired) electrons. The number of fused-ring (bicyclic) bond motifs is 3. The maximum atomic E-state index is 4.54. The van der Waals surface area contributed by atoms with Crippen LogP contribution in [0.5, 0.6) is 0 Å². The topological polar surface area (TPSA) is 37.0 Å². The molecular formula is C16H19N3. The number of hydrogen-bond donors (Lipinski definition) is 2. The first kappa shape index (κ1) is 11.2. The van der Waals surface area contributed by atoms with Gasteiger partial charge in [0.05, 0.1) is 0 Å². The minimum atomic E-state index is 0.567. The van der Waals surface area contributed by atoms with E-state index in [2.05, 4.69) is 45.9 Å². The van der Waals surface area contributed by atoms with Crippen LogP contribution in [0.2, 0.25) is 0 Å². The number of aromatic nitrogens is 1. The summed E-state index contributed by atoms with van der Waals surface area (Å²) >= 11 is 0. The molecule has 2 fully saturated rings. The Bertz CT molecular complexity index is 578. The summed E-state index contributed by atoms with van der Waals surface area (Å²) in [6.07, 6.45) is 7.03. The van der Waals surface area contributed by atoms with Gasteiger partial charge in [-0.05, 0) is 37.1 Å². The van der Waals surface area contributed by atoms with Gasteiger partial charge in [0.1, 0.15) is 5.82 Å². The van der Waals surface area contributed by atoms with Gasteiger partial charge in [-0.25, -0.2) is 4.98 Å². The van der Waals surface area contributed by atoms with Gasteiger partial charge in [0.25, 0.3) is 0 Å². The van der Waals surface area contributed by atoms with E-state index >= 15 is 0 Å². The number of rotatable bonds is 2. The van der Waals surface area contributed by atoms with Crippen molar-refractivity contribution < 1.29 is 0 Å². The molecule has 2 bridgehead atoms. The molecule has 2 aromatic rings. The lowest BCUT2D eigenvalue weighted by atomic mass is 9.99. The summed E-state index contributed by atoms with van der Waals surface area (Å²) < 4.78 is 0. The number of pyridine rings is 1. The molecule has 3 heteroatoms. The smallest absolute Gasteiger partial charge is 0.134 e. The third-order valence-corrected chi connectivity index (χ3v) is 4.49. The van der Waals surface area contributed by atoms with Crippen molar-refractivity contribution in [2.24, 2.45) is 0 Å². The predicted molar refractivity (Wildman–Crippen MR) is 78.3 cm³/mol. The zero-order valence-electron chi connectivity index (χ0n) is 11.0. The van der Waals surface area contributed by atoms with Crippen LogP contribution in [0.4, 0.5) is 5.82 Å². The molecular weight excluding hydrogens is 234 g/mol. The van der Waals surface area contributed by atoms with E-state index in [4.69, 9.17) is 0 Å². The molecule has 0 amide bonds. The summed E-state index contributed by atoms with van der Waals surface area (Å²) in [7, 11) is 0. The fourth-order valence-electron chi connectivity index (χ4n) is 3.60. The van der Waals surface area contributed by atoms with Gasteiger partial charge in [0.2, 0.25) is 0 Å². The van der Waals surface area contributed by atoms with E-state index in [9.17, 15) is 0 Å². The highest BCUT2D eigenvalue weighted by molar-refractivity contribution is 5.91. The zero-order chi connectivity index (χ0) is 12.7. The van der Waals surface area contributed by atoms with E-state index in [1.807, 2.05) is 6.20 Å². The van der Waals surface area contributed by atoms with E-state index < -0.39 is 0 Å². The summed E-state index contributed by atoms with van der Waals surface area (Å²) in [4.78, 5) is 4.54. The molecule has 2 unspecified atom stereocenters. The molecule has 2 N–H and O–H groups in total. The Balaban J connectivity index is 1.61. The zero-order valence-corrected chi connectivity index (χ0v) is 11.0. The molecule has 2 atom stereocenters. The molecule has 1 aromatic heterocycles. The monoisotopic (exact) mass is 253 g/mol. The van der Waals surface area contributed by atoms with Gasteiger partial charge in [0.15, 0.2) is 0 Å². The van der Waals surface area contributed by atoms with E-state index in [-0.39, 0.29) is 0 Å². The van der Waals surface area contributed by atoms with Gasteiger partial charge in [-0.3, -0.25) is 0 Å². The standard InChI is InChI=1S/C16H19N3/c1-2-4-15-11(3-1)7-8-17-16(15)19-14-9-12-5-6-13(10-14)18-12/h1-4,7-8,12-14,18H,5-6,9-10H2,(H,17,19). The van der Waals surface area contributed by atoms with Gasteiger partial charge >= 0.3 is 0 Å². The van der Waals surface area contributed by atoms with Crippen LogP contribution in [-0.2, 0) is 0 Å². The van der Waals surface area contributed by atoms with Crippen LogP contribution in [0, 0.1) is 0 Å². The van der Waals surface area contributed by atoms with E-state index in [1.165, 1.54) is 36.5 Å². The molecule has 0 spiro atoms. The largest absolute Gasteiger partial charge is 0.367 e. The van der Waals surface area contributed by atoms with Crippen LogP contribution in [0.3, 0.4) is 0 Å². The first-order chi connectivity index (χ1) is 9.38. The normalized spacial score (nSPS) is 29.6. The van der Waals surface area contributed by atoms with Gasteiger partial charge in [-0.1, -0.05) is 24.3 Å². The number of benzene rings is 1. The van der Waals surface area contributed by atoms with Crippen molar-refractivity contribution in [3.05, 3.63) is 36.5 Å². The van der Waals surface area contributed by atoms with Crippen molar-refractivity contribution >= 4 is 16.6 Å². The number of anilines is 1. The SMILES string of the molecule is c1ccc2c(NC3CC4CCC(C3)N4)nccc2c1. The van der Waals surface area contributed by atoms with Crippen molar-refractivity contribution in [1.29, 1.82) is 0 Å². The summed E-state index contributed by atoms with van der Waals surface area (Å²) in [5, 5.41) is 9.85. The van der Waals surface area contributed by atoms with Gasteiger partial charge in [0, 0.05) is 29.7 Å². The highest BCUT2D eigenvalue weighted by Crippen LogP contribution is 2.30. The Morgan fingerprint density at radius 2 is 1.84 bits per heavy atom. The van der Waals surface area contributed by atoms with Crippen molar-refractivity contribution in [2.75, 3.05) is 5.32 Å². The molecule has 0 aliphatic carbocycles. The van der Waals surface area contributed by atoms with Gasteiger partial charge < -0.3 is 10.6 Å². The highest BCUT2D eigenvalue weighted by atomic mass is 15.1. The van der Waals surface area contributed by atoms with Crippen LogP contribution < -0.4 is 10.6 Å². The summed E-state index contributed by atoms with van der Waals surface area (Å²) in [5.41, 5.74) is 0. The first-order valence-electron chi connectivity index (χ1n) is 7.25. The molecule has 3 heterocycles. The fourth-order valence-corrected chi connectivity index (χ4v) is 3.60. The van der Waals surface area contributed by atoms with Crippen LogP contribution in [-0.4, -0.2) is 23.1 Å². The molecule has 98 valence electrons. The maximum Gasteiger partial charge on any atom is 0.134 e. The quantitative estimate of drug-likeness (QED) is 0.864. The number of nitrogens with one attached hydrogen (secondary N) is 2. The number of nitrogens with zero attached hydrogens (tertiary/aromatic N) is 1. The van der Waals surface area contributed by atoms with Crippen LogP contribution in [0.15, 0.2) is 36.5 Å². The third-order valence-electron chi connectivity index (χ3n) is 4.49. The van der Waals surface area contributed by atoms with E-state index in [0.29, 0.717) is 18.1 Å². The molecule has 2 saturated heterocycles. The van der Waals surface area contributed by atoms with Crippen molar-refractivity contribution in [3.63, 3.8) is 0 Å². The Hall–Kier alpha value is -1.61. The second-order valence-electron chi connectivity index (χ2n) is 5.83. The van der Waals surface area contributed by atoms with E-state index in [1.54, 1.807) is 0 Å². The minimum absolute atomic E-state index is 0.567. The molecule has 2 aliphatic rings. The molecule has 3 nitrogen and oxygen atoms in total. The van der Waals surface area contributed by atoms with Gasteiger partial charge in [-0.15, -0.1) is 0 Å². The second-order valence-corrected chi connectivity index (χ2v) is 5.83. The Labute approximate surface area is 113 Å². The molecule has 2 aliphatic heterocycles. The van der Waals surface area contributed by atoms with Crippen LogP contribution >= 0.6 is 0 Å². The molecule has 1 aromatic carbocycles.